The Kier molecular flexibility index (Phi) is 6.00. The van der Waals surface area contributed by atoms with Crippen LogP contribution in [-0.4, -0.2) is 43.5 Å². The number of carbonyl (C=O) groups is 2. The van der Waals surface area contributed by atoms with Gasteiger partial charge in [0.15, 0.2) is 11.6 Å². The second kappa shape index (κ2) is 8.33. The van der Waals surface area contributed by atoms with Gasteiger partial charge in [-0.25, -0.2) is 18.4 Å². The zero-order valence-electron chi connectivity index (χ0n) is 17.2. The summed E-state index contributed by atoms with van der Waals surface area (Å²) in [6, 6.07) is 2.77. The summed E-state index contributed by atoms with van der Waals surface area (Å²) in [5.74, 6) is -2.18. The Labute approximate surface area is 173 Å². The zero-order valence-corrected chi connectivity index (χ0v) is 17.2. The molecule has 30 heavy (non-hydrogen) atoms. The molecule has 2 heterocycles. The van der Waals surface area contributed by atoms with E-state index in [-0.39, 0.29) is 24.5 Å². The molecule has 0 saturated carbocycles. The van der Waals surface area contributed by atoms with Gasteiger partial charge in [-0.3, -0.25) is 4.90 Å². The van der Waals surface area contributed by atoms with Crippen LogP contribution < -0.4 is 15.1 Å². The summed E-state index contributed by atoms with van der Waals surface area (Å²) in [4.78, 5) is 26.5. The molecule has 2 aliphatic heterocycles. The van der Waals surface area contributed by atoms with Crippen molar-refractivity contribution in [2.75, 3.05) is 29.4 Å². The van der Waals surface area contributed by atoms with Crippen molar-refractivity contribution in [2.24, 2.45) is 0 Å². The third-order valence-corrected chi connectivity index (χ3v) is 4.55. The number of hydrogen-bond donors (Lipinski definition) is 1. The fraction of sp³-hybridized carbons (Fsp3) is 0.429. The molecule has 9 heteroatoms. The van der Waals surface area contributed by atoms with Gasteiger partial charge in [0.25, 0.3) is 0 Å². The number of allylic oxidation sites excluding steroid dienone is 1. The SMILES string of the molecule is C=C1C=CN(c2ccc(N3C[C@H](CNC(=O)OC(C)(C)C)OC3=O)c(F)c2F)CC1. The average Bonchev–Trinajstić information content (AvgIpc) is 3.02. The van der Waals surface area contributed by atoms with E-state index in [2.05, 4.69) is 11.9 Å². The third kappa shape index (κ3) is 4.90. The van der Waals surface area contributed by atoms with Gasteiger partial charge in [-0.1, -0.05) is 12.2 Å². The number of cyclic esters (lactones) is 1. The van der Waals surface area contributed by atoms with E-state index < -0.39 is 35.5 Å². The highest BCUT2D eigenvalue weighted by atomic mass is 19.2. The summed E-state index contributed by atoms with van der Waals surface area (Å²) < 4.78 is 39.7. The first-order chi connectivity index (χ1) is 14.0. The number of alkyl carbamates (subject to hydrolysis) is 1. The van der Waals surface area contributed by atoms with Crippen molar-refractivity contribution in [1.82, 2.24) is 5.32 Å². The van der Waals surface area contributed by atoms with E-state index >= 15 is 0 Å². The molecule has 7 nitrogen and oxygen atoms in total. The van der Waals surface area contributed by atoms with Crippen molar-refractivity contribution in [1.29, 1.82) is 0 Å². The number of carbonyl (C=O) groups excluding carboxylic acids is 2. The molecule has 0 spiro atoms. The number of benzene rings is 1. The number of rotatable bonds is 4. The van der Waals surface area contributed by atoms with Crippen molar-refractivity contribution in [2.45, 2.75) is 38.9 Å². The van der Waals surface area contributed by atoms with Gasteiger partial charge in [-0.05, 0) is 45.4 Å². The molecule has 1 fully saturated rings. The Hall–Kier alpha value is -3.10. The largest absolute Gasteiger partial charge is 0.444 e. The van der Waals surface area contributed by atoms with Crippen LogP contribution in [0.3, 0.4) is 0 Å². The maximum atomic E-state index is 14.8. The lowest BCUT2D eigenvalue weighted by Crippen LogP contribution is -2.38. The monoisotopic (exact) mass is 421 g/mol. The molecule has 0 aromatic heterocycles. The van der Waals surface area contributed by atoms with Crippen LogP contribution in [0.25, 0.3) is 0 Å². The first-order valence-electron chi connectivity index (χ1n) is 9.61. The fourth-order valence-electron chi connectivity index (χ4n) is 3.11. The maximum Gasteiger partial charge on any atom is 0.414 e. The lowest BCUT2D eigenvalue weighted by molar-refractivity contribution is 0.0496. The molecule has 2 amide bonds. The van der Waals surface area contributed by atoms with E-state index in [1.165, 1.54) is 12.1 Å². The molecule has 162 valence electrons. The number of halogens is 2. The quantitative estimate of drug-likeness (QED) is 0.793. The molecule has 1 atom stereocenters. The van der Waals surface area contributed by atoms with E-state index in [0.29, 0.717) is 13.0 Å². The number of hydrogen-bond acceptors (Lipinski definition) is 5. The molecular formula is C21H25F2N3O4. The number of anilines is 2. The first kappa shape index (κ1) is 21.6. The van der Waals surface area contributed by atoms with E-state index in [1.54, 1.807) is 37.9 Å². The van der Waals surface area contributed by atoms with Gasteiger partial charge in [0.2, 0.25) is 0 Å². The predicted octanol–water partition coefficient (Wildman–Crippen LogP) is 4.09. The highest BCUT2D eigenvalue weighted by Crippen LogP contribution is 2.32. The topological polar surface area (TPSA) is 71.1 Å². The van der Waals surface area contributed by atoms with E-state index in [4.69, 9.17) is 9.47 Å². The van der Waals surface area contributed by atoms with Crippen molar-refractivity contribution >= 4 is 23.6 Å². The molecular weight excluding hydrogens is 396 g/mol. The van der Waals surface area contributed by atoms with Crippen molar-refractivity contribution in [3.05, 3.63) is 48.2 Å². The van der Waals surface area contributed by atoms with Crippen LogP contribution in [0.4, 0.5) is 29.7 Å². The Morgan fingerprint density at radius 3 is 2.60 bits per heavy atom. The zero-order chi connectivity index (χ0) is 22.1. The van der Waals surface area contributed by atoms with E-state index in [9.17, 15) is 18.4 Å². The van der Waals surface area contributed by atoms with Crippen LogP contribution in [0, 0.1) is 11.6 Å². The first-order valence-corrected chi connectivity index (χ1v) is 9.61. The third-order valence-electron chi connectivity index (χ3n) is 4.55. The summed E-state index contributed by atoms with van der Waals surface area (Å²) in [6.07, 6.45) is 1.84. The van der Waals surface area contributed by atoms with Gasteiger partial charge in [-0.15, -0.1) is 0 Å². The Balaban J connectivity index is 1.68. The van der Waals surface area contributed by atoms with Crippen LogP contribution in [0.5, 0.6) is 0 Å². The minimum atomic E-state index is -1.14. The predicted molar refractivity (Wildman–Crippen MR) is 108 cm³/mol. The van der Waals surface area contributed by atoms with Crippen LogP contribution in [0.1, 0.15) is 27.2 Å². The fourth-order valence-corrected chi connectivity index (χ4v) is 3.11. The maximum absolute atomic E-state index is 14.8. The lowest BCUT2D eigenvalue weighted by Gasteiger charge is -2.26. The second-order valence-electron chi connectivity index (χ2n) is 8.15. The van der Waals surface area contributed by atoms with E-state index in [0.717, 1.165) is 10.5 Å². The smallest absolute Gasteiger partial charge is 0.414 e. The highest BCUT2D eigenvalue weighted by Gasteiger charge is 2.35. The van der Waals surface area contributed by atoms with Gasteiger partial charge in [0.1, 0.15) is 11.7 Å². The molecule has 1 saturated heterocycles. The number of amides is 2. The summed E-state index contributed by atoms with van der Waals surface area (Å²) in [5, 5.41) is 2.50. The van der Waals surface area contributed by atoms with Gasteiger partial charge in [-0.2, -0.15) is 0 Å². The van der Waals surface area contributed by atoms with Crippen molar-refractivity contribution in [3.63, 3.8) is 0 Å². The van der Waals surface area contributed by atoms with Gasteiger partial charge in [0.05, 0.1) is 24.5 Å². The molecule has 3 rings (SSSR count). The number of ether oxygens (including phenoxy) is 2. The highest BCUT2D eigenvalue weighted by molar-refractivity contribution is 5.90. The lowest BCUT2D eigenvalue weighted by atomic mass is 10.1. The Bertz CT molecular complexity index is 895. The number of nitrogens with one attached hydrogen (secondary N) is 1. The molecule has 0 bridgehead atoms. The minimum absolute atomic E-state index is 0.0121. The van der Waals surface area contributed by atoms with E-state index in [1.807, 2.05) is 0 Å². The van der Waals surface area contributed by atoms with Gasteiger partial charge >= 0.3 is 12.2 Å². The Morgan fingerprint density at radius 1 is 1.30 bits per heavy atom. The molecule has 0 unspecified atom stereocenters. The average molecular weight is 421 g/mol. The van der Waals surface area contributed by atoms with Gasteiger partial charge < -0.3 is 19.7 Å². The van der Waals surface area contributed by atoms with Crippen LogP contribution >= 0.6 is 0 Å². The van der Waals surface area contributed by atoms with Crippen LogP contribution in [-0.2, 0) is 9.47 Å². The van der Waals surface area contributed by atoms with Gasteiger partial charge in [0, 0.05) is 12.7 Å². The Morgan fingerprint density at radius 2 is 1.97 bits per heavy atom. The van der Waals surface area contributed by atoms with Crippen molar-refractivity contribution < 1.29 is 27.8 Å². The number of nitrogens with zero attached hydrogens (tertiary/aromatic N) is 2. The molecule has 2 aliphatic rings. The molecule has 1 aromatic carbocycles. The summed E-state index contributed by atoms with van der Waals surface area (Å²) in [5.41, 5.74) is 0.110. The molecule has 0 radical (unpaired) electrons. The molecule has 0 aliphatic carbocycles. The van der Waals surface area contributed by atoms with Crippen molar-refractivity contribution in [3.8, 4) is 0 Å². The standard InChI is InChI=1S/C21H25F2N3O4/c1-13-7-9-25(10-8-13)15-5-6-16(18(23)17(15)22)26-12-14(29-20(26)28)11-24-19(27)30-21(2,3)4/h5-7,9,14H,1,8,10-12H2,2-4H3,(H,24,27)/t14-/m0/s1. The molecule has 1 N–H and O–H groups in total. The summed E-state index contributed by atoms with van der Waals surface area (Å²) in [6.45, 7) is 9.44. The normalized spacial score (nSPS) is 19.2. The summed E-state index contributed by atoms with van der Waals surface area (Å²) >= 11 is 0. The second-order valence-corrected chi connectivity index (χ2v) is 8.15. The summed E-state index contributed by atoms with van der Waals surface area (Å²) in [7, 11) is 0. The van der Waals surface area contributed by atoms with Crippen LogP contribution in [0.15, 0.2) is 36.6 Å². The minimum Gasteiger partial charge on any atom is -0.444 e. The molecule has 1 aromatic rings. The van der Waals surface area contributed by atoms with Crippen LogP contribution in [0.2, 0.25) is 0 Å².